The van der Waals surface area contributed by atoms with Crippen molar-refractivity contribution in [1.82, 2.24) is 20.2 Å². The maximum atomic E-state index is 6.31. The van der Waals surface area contributed by atoms with Gasteiger partial charge in [0.05, 0.1) is 6.04 Å². The van der Waals surface area contributed by atoms with Crippen LogP contribution in [0.25, 0.3) is 0 Å². The van der Waals surface area contributed by atoms with Gasteiger partial charge in [-0.15, -0.1) is 24.0 Å². The normalized spacial score (nSPS) is 12.2. The standard InChI is InChI=1S/C22H25Cl2N5.HI/c1-16(19-9-8-18(23)14-20(19)24)28-22(25-2)27-11-10-21-26-12-13-29(21)15-17-6-4-3-5-7-17;/h3-9,12-14,16H,10-11,15H2,1-2H3,(H2,25,27,28);1H. The first-order valence-electron chi connectivity index (χ1n) is 9.53. The highest BCUT2D eigenvalue weighted by atomic mass is 127. The van der Waals surface area contributed by atoms with Crippen LogP contribution < -0.4 is 10.6 Å². The molecule has 0 saturated carbocycles. The van der Waals surface area contributed by atoms with E-state index in [0.717, 1.165) is 24.4 Å². The van der Waals surface area contributed by atoms with Crippen LogP contribution in [-0.4, -0.2) is 29.1 Å². The van der Waals surface area contributed by atoms with Crippen molar-refractivity contribution in [3.63, 3.8) is 0 Å². The summed E-state index contributed by atoms with van der Waals surface area (Å²) in [5.41, 5.74) is 2.23. The molecule has 5 nitrogen and oxygen atoms in total. The van der Waals surface area contributed by atoms with Gasteiger partial charge in [0.25, 0.3) is 0 Å². The van der Waals surface area contributed by atoms with E-state index in [1.165, 1.54) is 5.56 Å². The maximum Gasteiger partial charge on any atom is 0.191 e. The van der Waals surface area contributed by atoms with Crippen LogP contribution in [0.2, 0.25) is 10.0 Å². The first kappa shape index (κ1) is 24.5. The number of nitrogens with one attached hydrogen (secondary N) is 2. The second kappa shape index (κ2) is 12.2. The number of nitrogens with zero attached hydrogens (tertiary/aromatic N) is 3. The van der Waals surface area contributed by atoms with Crippen molar-refractivity contribution < 1.29 is 0 Å². The highest BCUT2D eigenvalue weighted by Gasteiger charge is 2.12. The number of hydrogen-bond donors (Lipinski definition) is 2. The lowest BCUT2D eigenvalue weighted by Gasteiger charge is -2.19. The van der Waals surface area contributed by atoms with Crippen molar-refractivity contribution in [2.45, 2.75) is 25.9 Å². The van der Waals surface area contributed by atoms with Crippen LogP contribution in [-0.2, 0) is 13.0 Å². The minimum absolute atomic E-state index is 0. The molecule has 1 atom stereocenters. The SMILES string of the molecule is CN=C(NCCc1nccn1Cc1ccccc1)NC(C)c1ccc(Cl)cc1Cl.I. The number of hydrogen-bond acceptors (Lipinski definition) is 2. The molecule has 2 aromatic carbocycles. The van der Waals surface area contributed by atoms with Crippen LogP contribution >= 0.6 is 47.2 Å². The molecule has 0 radical (unpaired) electrons. The minimum Gasteiger partial charge on any atom is -0.356 e. The molecule has 0 bridgehead atoms. The zero-order chi connectivity index (χ0) is 20.6. The molecule has 1 heterocycles. The number of guanidine groups is 1. The second-order valence-electron chi connectivity index (χ2n) is 6.74. The van der Waals surface area contributed by atoms with Crippen molar-refractivity contribution in [2.24, 2.45) is 4.99 Å². The summed E-state index contributed by atoms with van der Waals surface area (Å²) in [7, 11) is 1.75. The Hall–Kier alpha value is -1.77. The van der Waals surface area contributed by atoms with Gasteiger partial charge in [-0.05, 0) is 30.2 Å². The lowest BCUT2D eigenvalue weighted by Crippen LogP contribution is -2.39. The van der Waals surface area contributed by atoms with Gasteiger partial charge in [-0.1, -0.05) is 59.6 Å². The van der Waals surface area contributed by atoms with Crippen LogP contribution in [0.4, 0.5) is 0 Å². The van der Waals surface area contributed by atoms with Gasteiger partial charge in [-0.3, -0.25) is 4.99 Å². The van der Waals surface area contributed by atoms with E-state index in [1.54, 1.807) is 13.1 Å². The Morgan fingerprint density at radius 2 is 1.93 bits per heavy atom. The molecule has 0 aliphatic rings. The predicted molar refractivity (Wildman–Crippen MR) is 136 cm³/mol. The first-order valence-corrected chi connectivity index (χ1v) is 10.3. The molecule has 3 aromatic rings. The van der Waals surface area contributed by atoms with Crippen LogP contribution in [0.1, 0.15) is 29.9 Å². The lowest BCUT2D eigenvalue weighted by molar-refractivity contribution is 0.666. The smallest absolute Gasteiger partial charge is 0.191 e. The van der Waals surface area contributed by atoms with Gasteiger partial charge in [0.1, 0.15) is 5.82 Å². The Kier molecular flexibility index (Phi) is 9.94. The summed E-state index contributed by atoms with van der Waals surface area (Å²) in [6.45, 7) is 3.57. The number of imidazole rings is 1. The van der Waals surface area contributed by atoms with Crippen LogP contribution in [0.15, 0.2) is 65.9 Å². The second-order valence-corrected chi connectivity index (χ2v) is 7.58. The fourth-order valence-electron chi connectivity index (χ4n) is 3.12. The third-order valence-corrected chi connectivity index (χ3v) is 5.21. The minimum atomic E-state index is -0.00830. The molecule has 1 aromatic heterocycles. The van der Waals surface area contributed by atoms with Gasteiger partial charge < -0.3 is 15.2 Å². The van der Waals surface area contributed by atoms with E-state index >= 15 is 0 Å². The summed E-state index contributed by atoms with van der Waals surface area (Å²) in [5.74, 6) is 1.75. The Labute approximate surface area is 204 Å². The summed E-state index contributed by atoms with van der Waals surface area (Å²) in [4.78, 5) is 8.80. The number of aromatic nitrogens is 2. The molecule has 2 N–H and O–H groups in total. The number of halogens is 3. The van der Waals surface area contributed by atoms with Crippen LogP contribution in [0.3, 0.4) is 0 Å². The van der Waals surface area contributed by atoms with Crippen molar-refractivity contribution in [1.29, 1.82) is 0 Å². The Morgan fingerprint density at radius 3 is 2.63 bits per heavy atom. The number of aliphatic imine (C=N–C) groups is 1. The topological polar surface area (TPSA) is 54.2 Å². The van der Waals surface area contributed by atoms with E-state index in [-0.39, 0.29) is 30.0 Å². The number of rotatable bonds is 7. The molecule has 0 saturated heterocycles. The van der Waals surface area contributed by atoms with Crippen LogP contribution in [0, 0.1) is 0 Å². The molecule has 1 unspecified atom stereocenters. The maximum absolute atomic E-state index is 6.31. The van der Waals surface area contributed by atoms with E-state index in [2.05, 4.69) is 49.4 Å². The predicted octanol–water partition coefficient (Wildman–Crippen LogP) is 5.32. The van der Waals surface area contributed by atoms with Crippen molar-refractivity contribution in [2.75, 3.05) is 13.6 Å². The molecule has 0 fully saturated rings. The van der Waals surface area contributed by atoms with Crippen LogP contribution in [0.5, 0.6) is 0 Å². The Balaban J connectivity index is 0.00000320. The number of benzene rings is 2. The molecule has 160 valence electrons. The van der Waals surface area contributed by atoms with Crippen molar-refractivity contribution in [3.8, 4) is 0 Å². The van der Waals surface area contributed by atoms with Gasteiger partial charge in [-0.25, -0.2) is 4.98 Å². The van der Waals surface area contributed by atoms with Crippen molar-refractivity contribution in [3.05, 3.63) is 87.9 Å². The van der Waals surface area contributed by atoms with E-state index in [4.69, 9.17) is 23.2 Å². The molecule has 0 amide bonds. The first-order chi connectivity index (χ1) is 14.1. The van der Waals surface area contributed by atoms with Crippen molar-refractivity contribution >= 4 is 53.1 Å². The Morgan fingerprint density at radius 1 is 1.17 bits per heavy atom. The highest BCUT2D eigenvalue weighted by Crippen LogP contribution is 2.25. The zero-order valence-electron chi connectivity index (χ0n) is 17.0. The summed E-state index contributed by atoms with van der Waals surface area (Å²) in [6.07, 6.45) is 4.65. The van der Waals surface area contributed by atoms with Gasteiger partial charge in [-0.2, -0.15) is 0 Å². The monoisotopic (exact) mass is 557 g/mol. The fourth-order valence-corrected chi connectivity index (χ4v) is 3.69. The third kappa shape index (κ3) is 6.89. The molecule has 8 heteroatoms. The molecular weight excluding hydrogens is 532 g/mol. The van der Waals surface area contributed by atoms with Gasteiger partial charge >= 0.3 is 0 Å². The van der Waals surface area contributed by atoms with Gasteiger partial charge in [0.2, 0.25) is 0 Å². The summed E-state index contributed by atoms with van der Waals surface area (Å²) in [6, 6.07) is 15.9. The summed E-state index contributed by atoms with van der Waals surface area (Å²) >= 11 is 12.3. The zero-order valence-corrected chi connectivity index (χ0v) is 20.8. The summed E-state index contributed by atoms with van der Waals surface area (Å²) in [5, 5.41) is 7.97. The largest absolute Gasteiger partial charge is 0.356 e. The van der Waals surface area contributed by atoms with E-state index in [1.807, 2.05) is 37.5 Å². The fraction of sp³-hybridized carbons (Fsp3) is 0.273. The molecule has 0 spiro atoms. The van der Waals surface area contributed by atoms with E-state index < -0.39 is 0 Å². The molecule has 3 rings (SSSR count). The lowest BCUT2D eigenvalue weighted by atomic mass is 10.1. The molecule has 0 aliphatic heterocycles. The molecule has 30 heavy (non-hydrogen) atoms. The molecular formula is C22H26Cl2IN5. The van der Waals surface area contributed by atoms with Gasteiger partial charge in [0.15, 0.2) is 5.96 Å². The highest BCUT2D eigenvalue weighted by molar-refractivity contribution is 14.0. The summed E-state index contributed by atoms with van der Waals surface area (Å²) < 4.78 is 2.17. The average Bonchev–Trinajstić information content (AvgIpc) is 3.14. The van der Waals surface area contributed by atoms with E-state index in [9.17, 15) is 0 Å². The Bertz CT molecular complexity index is 959. The quantitative estimate of drug-likeness (QED) is 0.235. The van der Waals surface area contributed by atoms with E-state index in [0.29, 0.717) is 22.5 Å². The average molecular weight is 558 g/mol. The molecule has 0 aliphatic carbocycles. The third-order valence-electron chi connectivity index (χ3n) is 4.64. The van der Waals surface area contributed by atoms with Gasteiger partial charge in [0, 0.05) is 49.0 Å².